The van der Waals surface area contributed by atoms with E-state index < -0.39 is 6.10 Å². The van der Waals surface area contributed by atoms with Gasteiger partial charge in [-0.25, -0.2) is 4.98 Å². The number of anilines is 1. The molecular formula is C19H23N3O3. The van der Waals surface area contributed by atoms with Gasteiger partial charge in [0.2, 0.25) is 0 Å². The fourth-order valence-corrected chi connectivity index (χ4v) is 3.19. The summed E-state index contributed by atoms with van der Waals surface area (Å²) in [6.07, 6.45) is 1.72. The lowest BCUT2D eigenvalue weighted by Crippen LogP contribution is -2.50. The highest BCUT2D eigenvalue weighted by Gasteiger charge is 2.31. The Morgan fingerprint density at radius 1 is 1.36 bits per heavy atom. The Balaban J connectivity index is 1.58. The molecule has 1 atom stereocenters. The fraction of sp³-hybridized carbons (Fsp3) is 0.474. The number of rotatable bonds is 4. The van der Waals surface area contributed by atoms with Gasteiger partial charge in [0, 0.05) is 24.0 Å². The summed E-state index contributed by atoms with van der Waals surface area (Å²) in [6, 6.07) is 8.36. The quantitative estimate of drug-likeness (QED) is 0.922. The molecular weight excluding hydrogens is 318 g/mol. The van der Waals surface area contributed by atoms with Crippen LogP contribution in [0.5, 0.6) is 5.75 Å². The minimum Gasteiger partial charge on any atom is -0.497 e. The van der Waals surface area contributed by atoms with E-state index in [9.17, 15) is 4.79 Å². The van der Waals surface area contributed by atoms with Gasteiger partial charge in [-0.3, -0.25) is 4.79 Å². The summed E-state index contributed by atoms with van der Waals surface area (Å²) in [6.45, 7) is 3.87. The summed E-state index contributed by atoms with van der Waals surface area (Å²) in [5.41, 5.74) is 2.06. The summed E-state index contributed by atoms with van der Waals surface area (Å²) < 4.78 is 11.0. The van der Waals surface area contributed by atoms with E-state index in [0.29, 0.717) is 19.2 Å². The third-order valence-corrected chi connectivity index (χ3v) is 4.82. The second-order valence-corrected chi connectivity index (χ2v) is 6.77. The zero-order valence-corrected chi connectivity index (χ0v) is 14.6. The smallest absolute Gasteiger partial charge is 0.251 e. The third-order valence-electron chi connectivity index (χ3n) is 4.82. The van der Waals surface area contributed by atoms with Crippen molar-refractivity contribution < 1.29 is 14.3 Å². The lowest BCUT2D eigenvalue weighted by Gasteiger charge is -2.33. The number of morpholine rings is 1. The molecule has 25 heavy (non-hydrogen) atoms. The van der Waals surface area contributed by atoms with E-state index in [-0.39, 0.29) is 5.91 Å². The summed E-state index contributed by atoms with van der Waals surface area (Å²) in [5.74, 6) is 1.66. The van der Waals surface area contributed by atoms with Gasteiger partial charge in [-0.2, -0.15) is 0 Å². The Hall–Kier alpha value is -2.34. The fourth-order valence-electron chi connectivity index (χ4n) is 3.19. The molecule has 132 valence electrons. The average molecular weight is 341 g/mol. The summed E-state index contributed by atoms with van der Waals surface area (Å²) in [7, 11) is 1.66. The van der Waals surface area contributed by atoms with Crippen LogP contribution in [0, 0.1) is 6.92 Å². The number of carbonyl (C=O) groups excluding carboxylic acids is 1. The van der Waals surface area contributed by atoms with Crippen molar-refractivity contribution >= 4 is 22.6 Å². The van der Waals surface area contributed by atoms with Crippen LogP contribution in [0.2, 0.25) is 0 Å². The molecule has 1 saturated heterocycles. The first-order chi connectivity index (χ1) is 12.1. The van der Waals surface area contributed by atoms with Crippen molar-refractivity contribution in [2.75, 3.05) is 31.7 Å². The van der Waals surface area contributed by atoms with Gasteiger partial charge in [-0.1, -0.05) is 0 Å². The molecule has 1 unspecified atom stereocenters. The van der Waals surface area contributed by atoms with Crippen molar-refractivity contribution in [2.45, 2.75) is 31.9 Å². The highest BCUT2D eigenvalue weighted by Crippen LogP contribution is 2.27. The standard InChI is InChI=1S/C19H23N3O3/c1-12-9-18(21-16-10-14(24-2)5-6-15(12)16)22-7-8-25-17(11-22)19(23)20-13-3-4-13/h5-6,9-10,13,17H,3-4,7-8,11H2,1-2H3,(H,20,23). The number of hydrogen-bond acceptors (Lipinski definition) is 5. The molecule has 2 aliphatic rings. The first kappa shape index (κ1) is 16.1. The Morgan fingerprint density at radius 3 is 2.96 bits per heavy atom. The van der Waals surface area contributed by atoms with Crippen LogP contribution in [0.4, 0.5) is 5.82 Å². The lowest BCUT2D eigenvalue weighted by molar-refractivity contribution is -0.133. The molecule has 0 spiro atoms. The molecule has 2 heterocycles. The van der Waals surface area contributed by atoms with E-state index in [1.54, 1.807) is 7.11 Å². The maximum absolute atomic E-state index is 12.3. The minimum absolute atomic E-state index is 0.00798. The van der Waals surface area contributed by atoms with Crippen LogP contribution in [-0.2, 0) is 9.53 Å². The van der Waals surface area contributed by atoms with Crippen molar-refractivity contribution in [3.05, 3.63) is 29.8 Å². The van der Waals surface area contributed by atoms with Crippen LogP contribution in [0.1, 0.15) is 18.4 Å². The first-order valence-corrected chi connectivity index (χ1v) is 8.76. The van der Waals surface area contributed by atoms with E-state index in [1.165, 1.54) is 0 Å². The van der Waals surface area contributed by atoms with E-state index in [2.05, 4.69) is 23.2 Å². The molecule has 1 amide bonds. The summed E-state index contributed by atoms with van der Waals surface area (Å²) in [4.78, 5) is 19.2. The predicted octanol–water partition coefficient (Wildman–Crippen LogP) is 2.04. The van der Waals surface area contributed by atoms with Gasteiger partial charge in [-0.05, 0) is 43.5 Å². The number of methoxy groups -OCH3 is 1. The van der Waals surface area contributed by atoms with Gasteiger partial charge in [0.05, 0.1) is 25.8 Å². The molecule has 0 radical (unpaired) electrons. The molecule has 1 aliphatic heterocycles. The molecule has 1 aromatic carbocycles. The molecule has 2 fully saturated rings. The highest BCUT2D eigenvalue weighted by molar-refractivity contribution is 5.86. The highest BCUT2D eigenvalue weighted by atomic mass is 16.5. The zero-order valence-electron chi connectivity index (χ0n) is 14.6. The summed E-state index contributed by atoms with van der Waals surface area (Å²) >= 11 is 0. The number of aryl methyl sites for hydroxylation is 1. The molecule has 4 rings (SSSR count). The average Bonchev–Trinajstić information content (AvgIpc) is 3.45. The molecule has 2 aromatic rings. The zero-order chi connectivity index (χ0) is 17.4. The Kier molecular flexibility index (Phi) is 4.21. The molecule has 1 saturated carbocycles. The van der Waals surface area contributed by atoms with Crippen molar-refractivity contribution in [2.24, 2.45) is 0 Å². The van der Waals surface area contributed by atoms with Gasteiger partial charge >= 0.3 is 0 Å². The van der Waals surface area contributed by atoms with Crippen LogP contribution in [0.3, 0.4) is 0 Å². The Bertz CT molecular complexity index is 804. The number of benzene rings is 1. The van der Waals surface area contributed by atoms with Gasteiger partial charge in [0.1, 0.15) is 11.6 Å². The predicted molar refractivity (Wildman–Crippen MR) is 96.1 cm³/mol. The van der Waals surface area contributed by atoms with E-state index in [1.807, 2.05) is 18.2 Å². The van der Waals surface area contributed by atoms with Crippen LogP contribution in [0.15, 0.2) is 24.3 Å². The SMILES string of the molecule is COc1ccc2c(C)cc(N3CCOC(C(=O)NC4CC4)C3)nc2c1. The van der Waals surface area contributed by atoms with Gasteiger partial charge < -0.3 is 19.7 Å². The normalized spacial score (nSPS) is 20.6. The van der Waals surface area contributed by atoms with E-state index in [0.717, 1.165) is 47.4 Å². The topological polar surface area (TPSA) is 63.7 Å². The summed E-state index contributed by atoms with van der Waals surface area (Å²) in [5, 5.41) is 4.14. The third kappa shape index (κ3) is 3.39. The monoisotopic (exact) mass is 341 g/mol. The number of hydrogen-bond donors (Lipinski definition) is 1. The van der Waals surface area contributed by atoms with Crippen molar-refractivity contribution in [1.29, 1.82) is 0 Å². The number of nitrogens with one attached hydrogen (secondary N) is 1. The van der Waals surface area contributed by atoms with Gasteiger partial charge in [0.25, 0.3) is 5.91 Å². The van der Waals surface area contributed by atoms with Crippen LogP contribution >= 0.6 is 0 Å². The maximum Gasteiger partial charge on any atom is 0.251 e. The number of nitrogens with zero attached hydrogens (tertiary/aromatic N) is 2. The molecule has 1 N–H and O–H groups in total. The number of amides is 1. The molecule has 0 bridgehead atoms. The number of ether oxygens (including phenoxy) is 2. The maximum atomic E-state index is 12.3. The minimum atomic E-state index is -0.433. The van der Waals surface area contributed by atoms with Crippen molar-refractivity contribution in [3.8, 4) is 5.75 Å². The van der Waals surface area contributed by atoms with Crippen molar-refractivity contribution in [1.82, 2.24) is 10.3 Å². The number of aromatic nitrogens is 1. The molecule has 1 aliphatic carbocycles. The first-order valence-electron chi connectivity index (χ1n) is 8.76. The van der Waals surface area contributed by atoms with E-state index in [4.69, 9.17) is 14.5 Å². The van der Waals surface area contributed by atoms with Crippen LogP contribution in [-0.4, -0.2) is 49.8 Å². The number of carbonyl (C=O) groups is 1. The number of pyridine rings is 1. The molecule has 6 heteroatoms. The van der Waals surface area contributed by atoms with Crippen LogP contribution in [0.25, 0.3) is 10.9 Å². The molecule has 1 aromatic heterocycles. The Morgan fingerprint density at radius 2 is 2.20 bits per heavy atom. The lowest BCUT2D eigenvalue weighted by atomic mass is 10.1. The largest absolute Gasteiger partial charge is 0.497 e. The Labute approximate surface area is 147 Å². The van der Waals surface area contributed by atoms with Crippen LogP contribution < -0.4 is 15.0 Å². The second kappa shape index (κ2) is 6.52. The van der Waals surface area contributed by atoms with E-state index >= 15 is 0 Å². The molecule has 6 nitrogen and oxygen atoms in total. The second-order valence-electron chi connectivity index (χ2n) is 6.77. The van der Waals surface area contributed by atoms with Gasteiger partial charge in [0.15, 0.2) is 6.10 Å². The van der Waals surface area contributed by atoms with Crippen molar-refractivity contribution in [3.63, 3.8) is 0 Å². The number of fused-ring (bicyclic) bond motifs is 1. The van der Waals surface area contributed by atoms with Gasteiger partial charge in [-0.15, -0.1) is 0 Å².